The predicted octanol–water partition coefficient (Wildman–Crippen LogP) is 9.17. The minimum atomic E-state index is 0. The van der Waals surface area contributed by atoms with Crippen molar-refractivity contribution in [1.82, 2.24) is 9.97 Å². The van der Waals surface area contributed by atoms with Crippen LogP contribution in [0.15, 0.2) is 121 Å². The van der Waals surface area contributed by atoms with Gasteiger partial charge in [0.1, 0.15) is 0 Å². The second kappa shape index (κ2) is 13.2. The topological polar surface area (TPSA) is 25.8 Å². The molecule has 5 aromatic carbocycles. The Balaban J connectivity index is 0.000000177. The van der Waals surface area contributed by atoms with Crippen molar-refractivity contribution in [2.45, 2.75) is 13.8 Å². The van der Waals surface area contributed by atoms with Crippen LogP contribution in [-0.2, 0) is 40.2 Å². The molecule has 2 radical (unpaired) electrons. The van der Waals surface area contributed by atoms with E-state index >= 15 is 0 Å². The number of nitrogens with zero attached hydrogens (tertiary/aromatic N) is 2. The molecule has 0 spiro atoms. The number of aromatic nitrogens is 2. The average molecular weight is 871 g/mol. The van der Waals surface area contributed by atoms with Gasteiger partial charge in [0.25, 0.3) is 0 Å². The fourth-order valence-electron chi connectivity index (χ4n) is 4.72. The van der Waals surface area contributed by atoms with Crippen LogP contribution in [0.3, 0.4) is 0 Å². The predicted molar refractivity (Wildman–Crippen MR) is 159 cm³/mol. The van der Waals surface area contributed by atoms with E-state index in [4.69, 9.17) is 9.97 Å². The van der Waals surface area contributed by atoms with Crippen molar-refractivity contribution in [2.75, 3.05) is 0 Å². The Morgan fingerprint density at radius 2 is 1.10 bits per heavy atom. The number of rotatable bonds is 2. The molecule has 0 aliphatic carbocycles. The number of benzene rings is 5. The molecule has 7 rings (SSSR count). The van der Waals surface area contributed by atoms with Crippen LogP contribution in [-0.4, -0.2) is 9.97 Å². The van der Waals surface area contributed by atoms with Crippen LogP contribution >= 0.6 is 0 Å². The quantitative estimate of drug-likeness (QED) is 0.128. The molecule has 0 aliphatic heterocycles. The second-order valence-electron chi connectivity index (χ2n) is 9.38. The standard InChI is InChI=1S/C19H12N.C17H14N.2Ir/c1-2-7-15(8-3-1)18-13-11-17-16-9-5-4-6-14(16)10-12-19(17)20-18;1-12-8-9-15-10-11-16(18-17(15)13(12)2)14-6-4-3-5-7-14;;/h1-7,9-13H;3-6,8-11H,1-2H3;;/q2*-1;;. The summed E-state index contributed by atoms with van der Waals surface area (Å²) in [6, 6.07) is 47.6. The van der Waals surface area contributed by atoms with Crippen molar-refractivity contribution in [2.24, 2.45) is 0 Å². The van der Waals surface area contributed by atoms with E-state index in [1.54, 1.807) is 0 Å². The van der Waals surface area contributed by atoms with Gasteiger partial charge in [0, 0.05) is 45.6 Å². The number of aryl methyl sites for hydroxylation is 2. The van der Waals surface area contributed by atoms with Gasteiger partial charge in [-0.15, -0.1) is 71.8 Å². The molecule has 0 saturated carbocycles. The number of fused-ring (bicyclic) bond motifs is 4. The molecule has 2 aromatic heterocycles. The minimum absolute atomic E-state index is 0. The van der Waals surface area contributed by atoms with Crippen LogP contribution in [0.25, 0.3) is 55.1 Å². The van der Waals surface area contributed by atoms with Gasteiger partial charge in [-0.2, -0.15) is 0 Å². The SMILES string of the molecule is Cc1ccc2ccc(-c3[c-]cccc3)nc2c1C.[Ir].[Ir].[c-]1ccccc1-c1ccc2c(ccc3ccccc32)n1. The van der Waals surface area contributed by atoms with Gasteiger partial charge in [0.15, 0.2) is 0 Å². The molecular formula is C36H26Ir2N2-2. The summed E-state index contributed by atoms with van der Waals surface area (Å²) in [6.07, 6.45) is 0. The summed E-state index contributed by atoms with van der Waals surface area (Å²) in [4.78, 5) is 9.54. The Hall–Kier alpha value is -3.52. The van der Waals surface area contributed by atoms with Crippen molar-refractivity contribution >= 4 is 32.6 Å². The van der Waals surface area contributed by atoms with Crippen molar-refractivity contribution in [3.63, 3.8) is 0 Å². The first kappa shape index (κ1) is 29.5. The summed E-state index contributed by atoms with van der Waals surface area (Å²) in [7, 11) is 0. The molecule has 0 unspecified atom stereocenters. The van der Waals surface area contributed by atoms with E-state index in [1.807, 2.05) is 48.5 Å². The molecule has 7 aromatic rings. The van der Waals surface area contributed by atoms with Crippen LogP contribution in [0, 0.1) is 26.0 Å². The van der Waals surface area contributed by atoms with Gasteiger partial charge in [-0.3, -0.25) is 9.97 Å². The normalized spacial score (nSPS) is 10.3. The van der Waals surface area contributed by atoms with Gasteiger partial charge in [-0.25, -0.2) is 0 Å². The van der Waals surface area contributed by atoms with Crippen LogP contribution in [0.1, 0.15) is 11.1 Å². The summed E-state index contributed by atoms with van der Waals surface area (Å²) in [5.74, 6) is 0. The zero-order valence-corrected chi connectivity index (χ0v) is 26.9. The van der Waals surface area contributed by atoms with E-state index in [-0.39, 0.29) is 40.2 Å². The molecular weight excluding hydrogens is 845 g/mol. The Labute approximate surface area is 262 Å². The summed E-state index contributed by atoms with van der Waals surface area (Å²) >= 11 is 0. The van der Waals surface area contributed by atoms with Crippen molar-refractivity contribution in [3.05, 3.63) is 145 Å². The number of hydrogen-bond acceptors (Lipinski definition) is 2. The third-order valence-electron chi connectivity index (χ3n) is 6.95. The molecule has 0 atom stereocenters. The minimum Gasteiger partial charge on any atom is -0.296 e. The summed E-state index contributed by atoms with van der Waals surface area (Å²) in [5, 5.41) is 4.89. The zero-order valence-electron chi connectivity index (χ0n) is 22.1. The monoisotopic (exact) mass is 872 g/mol. The van der Waals surface area contributed by atoms with E-state index in [0.717, 1.165) is 33.5 Å². The third kappa shape index (κ3) is 6.12. The molecule has 200 valence electrons. The van der Waals surface area contributed by atoms with E-state index < -0.39 is 0 Å². The molecule has 0 fully saturated rings. The number of hydrogen-bond donors (Lipinski definition) is 0. The fraction of sp³-hybridized carbons (Fsp3) is 0.0556. The van der Waals surface area contributed by atoms with Gasteiger partial charge in [0.05, 0.1) is 11.0 Å². The summed E-state index contributed by atoms with van der Waals surface area (Å²) < 4.78 is 0. The van der Waals surface area contributed by atoms with E-state index in [2.05, 4.69) is 98.8 Å². The molecule has 40 heavy (non-hydrogen) atoms. The maximum absolute atomic E-state index is 4.77. The van der Waals surface area contributed by atoms with Crippen LogP contribution < -0.4 is 0 Å². The first-order chi connectivity index (χ1) is 18.7. The molecule has 0 bridgehead atoms. The second-order valence-corrected chi connectivity index (χ2v) is 9.38. The largest absolute Gasteiger partial charge is 0.296 e. The van der Waals surface area contributed by atoms with E-state index in [0.29, 0.717) is 0 Å². The van der Waals surface area contributed by atoms with Gasteiger partial charge in [-0.05, 0) is 58.6 Å². The summed E-state index contributed by atoms with van der Waals surface area (Å²) in [6.45, 7) is 4.25. The maximum Gasteiger partial charge on any atom is 0.0627 e. The Kier molecular flexibility index (Phi) is 9.74. The van der Waals surface area contributed by atoms with Gasteiger partial charge in [0.2, 0.25) is 0 Å². The first-order valence-corrected chi connectivity index (χ1v) is 12.8. The smallest absolute Gasteiger partial charge is 0.0627 e. The van der Waals surface area contributed by atoms with Crippen LogP contribution in [0.4, 0.5) is 0 Å². The van der Waals surface area contributed by atoms with Crippen molar-refractivity contribution < 1.29 is 40.2 Å². The Morgan fingerprint density at radius 3 is 1.80 bits per heavy atom. The van der Waals surface area contributed by atoms with Crippen molar-refractivity contribution in [1.29, 1.82) is 0 Å². The van der Waals surface area contributed by atoms with Crippen LogP contribution in [0.2, 0.25) is 0 Å². The van der Waals surface area contributed by atoms with Gasteiger partial charge < -0.3 is 0 Å². The molecule has 2 nitrogen and oxygen atoms in total. The Morgan fingerprint density at radius 1 is 0.500 bits per heavy atom. The molecule has 0 saturated heterocycles. The van der Waals surface area contributed by atoms with Crippen molar-refractivity contribution in [3.8, 4) is 22.5 Å². The Bertz CT molecular complexity index is 1880. The fourth-order valence-corrected chi connectivity index (χ4v) is 4.72. The zero-order chi connectivity index (χ0) is 25.9. The average Bonchev–Trinajstić information content (AvgIpc) is 3.00. The van der Waals surface area contributed by atoms with Gasteiger partial charge in [-0.1, -0.05) is 66.7 Å². The first-order valence-electron chi connectivity index (χ1n) is 12.8. The summed E-state index contributed by atoms with van der Waals surface area (Å²) in [5.41, 5.74) is 8.67. The molecule has 2 heterocycles. The molecule has 0 aliphatic rings. The molecule has 0 amide bonds. The molecule has 4 heteroatoms. The van der Waals surface area contributed by atoms with Crippen LogP contribution in [0.5, 0.6) is 0 Å². The van der Waals surface area contributed by atoms with E-state index in [9.17, 15) is 0 Å². The van der Waals surface area contributed by atoms with Gasteiger partial charge >= 0.3 is 0 Å². The molecule has 0 N–H and O–H groups in total. The third-order valence-corrected chi connectivity index (χ3v) is 6.95. The number of pyridine rings is 2. The van der Waals surface area contributed by atoms with E-state index in [1.165, 1.54) is 32.7 Å². The maximum atomic E-state index is 4.77.